The molecule has 0 saturated heterocycles. The van der Waals surface area contributed by atoms with E-state index in [-0.39, 0.29) is 0 Å². The van der Waals surface area contributed by atoms with Gasteiger partial charge in [0.25, 0.3) is 0 Å². The monoisotopic (exact) mass is 179 g/mol. The van der Waals surface area contributed by atoms with Crippen LogP contribution >= 0.6 is 0 Å². The van der Waals surface area contributed by atoms with Gasteiger partial charge >= 0.3 is 0 Å². The molecule has 0 aliphatic carbocycles. The lowest BCUT2D eigenvalue weighted by atomic mass is 10.2. The van der Waals surface area contributed by atoms with Crippen LogP contribution in [0.15, 0.2) is 28.0 Å². The molecule has 2 rings (SSSR count). The Labute approximate surface area is 72.2 Å². The average Bonchev–Trinajstić information content (AvgIpc) is 2.48. The summed E-state index contributed by atoms with van der Waals surface area (Å²) >= 11 is 0. The maximum Gasteiger partial charge on any atom is 0.249 e. The molecular formula is C7H5N3O3. The number of benzene rings is 1. The molecule has 0 saturated carbocycles. The van der Waals surface area contributed by atoms with Crippen molar-refractivity contribution in [3.8, 4) is 0 Å². The van der Waals surface area contributed by atoms with Gasteiger partial charge in [0.1, 0.15) is 0 Å². The minimum absolute atomic E-state index is 0.315. The molecule has 0 amide bonds. The molecule has 1 aromatic carbocycles. The molecule has 1 N–H and O–H groups in total. The van der Waals surface area contributed by atoms with E-state index in [1.54, 1.807) is 12.1 Å². The van der Waals surface area contributed by atoms with Crippen LogP contribution in [0, 0.1) is 5.21 Å². The van der Waals surface area contributed by atoms with Crippen molar-refractivity contribution >= 4 is 17.2 Å². The molecule has 2 aromatic rings. The highest BCUT2D eigenvalue weighted by molar-refractivity contribution is 5.85. The summed E-state index contributed by atoms with van der Waals surface area (Å²) in [6.07, 6.45) is 1.24. The third kappa shape index (κ3) is 1.18. The first-order valence-corrected chi connectivity index (χ1v) is 3.48. The summed E-state index contributed by atoms with van der Waals surface area (Å²) in [6.45, 7) is 0. The summed E-state index contributed by atoms with van der Waals surface area (Å²) in [7, 11) is 0. The first-order valence-electron chi connectivity index (χ1n) is 3.48. The summed E-state index contributed by atoms with van der Waals surface area (Å²) < 4.78 is 4.35. The van der Waals surface area contributed by atoms with Crippen LogP contribution in [-0.2, 0) is 0 Å². The lowest BCUT2D eigenvalue weighted by Gasteiger charge is -1.87. The summed E-state index contributed by atoms with van der Waals surface area (Å²) in [4.78, 5) is 0.315. The summed E-state index contributed by atoms with van der Waals surface area (Å²) in [5.41, 5.74) is 1.41. The third-order valence-electron chi connectivity index (χ3n) is 1.62. The standard InChI is InChI=1S/C7H5N3O3/c11-8-4-5-1-2-7-6(3-5)9-13-10(7)12/h1-4,11H/b8-4-. The molecular weight excluding hydrogens is 174 g/mol. The van der Waals surface area contributed by atoms with E-state index in [1.807, 2.05) is 0 Å². The summed E-state index contributed by atoms with van der Waals surface area (Å²) in [5.74, 6) is 0. The smallest absolute Gasteiger partial charge is 0.249 e. The van der Waals surface area contributed by atoms with Gasteiger partial charge in [-0.3, -0.25) is 4.63 Å². The van der Waals surface area contributed by atoms with Crippen molar-refractivity contribution < 1.29 is 14.7 Å². The summed E-state index contributed by atoms with van der Waals surface area (Å²) in [6, 6.07) is 4.73. The highest BCUT2D eigenvalue weighted by Gasteiger charge is 2.08. The number of hydrogen-bond acceptors (Lipinski definition) is 5. The van der Waals surface area contributed by atoms with Crippen LogP contribution in [-0.4, -0.2) is 16.6 Å². The molecule has 6 heteroatoms. The van der Waals surface area contributed by atoms with Gasteiger partial charge in [-0.25, -0.2) is 0 Å². The first kappa shape index (κ1) is 7.53. The largest absolute Gasteiger partial charge is 0.411 e. The Bertz CT molecular complexity index is 463. The predicted octanol–water partition coefficient (Wildman–Crippen LogP) is 0.269. The van der Waals surface area contributed by atoms with Crippen LogP contribution in [0.2, 0.25) is 0 Å². The van der Waals surface area contributed by atoms with Crippen LogP contribution in [0.25, 0.3) is 11.0 Å². The fourth-order valence-electron chi connectivity index (χ4n) is 1.04. The molecule has 0 aliphatic rings. The number of aromatic nitrogens is 2. The Morgan fingerprint density at radius 2 is 2.46 bits per heavy atom. The third-order valence-corrected chi connectivity index (χ3v) is 1.62. The van der Waals surface area contributed by atoms with E-state index < -0.39 is 0 Å². The van der Waals surface area contributed by atoms with Gasteiger partial charge in [0, 0.05) is 16.8 Å². The maximum atomic E-state index is 10.9. The molecule has 0 fully saturated rings. The Balaban J connectivity index is 2.63. The molecule has 0 aliphatic heterocycles. The first-order chi connectivity index (χ1) is 6.31. The highest BCUT2D eigenvalue weighted by atomic mass is 16.8. The number of nitrogens with zero attached hydrogens (tertiary/aromatic N) is 3. The van der Waals surface area contributed by atoms with Crippen LogP contribution in [0.5, 0.6) is 0 Å². The van der Waals surface area contributed by atoms with Crippen molar-refractivity contribution in [2.45, 2.75) is 0 Å². The van der Waals surface area contributed by atoms with Crippen molar-refractivity contribution in [1.29, 1.82) is 0 Å². The molecule has 0 atom stereocenters. The lowest BCUT2D eigenvalue weighted by Crippen LogP contribution is -2.22. The van der Waals surface area contributed by atoms with Crippen LogP contribution in [0.3, 0.4) is 0 Å². The molecule has 0 unspecified atom stereocenters. The van der Waals surface area contributed by atoms with Gasteiger partial charge in [-0.1, -0.05) is 5.16 Å². The number of rotatable bonds is 1. The molecule has 6 nitrogen and oxygen atoms in total. The Hall–Kier alpha value is -2.11. The highest BCUT2D eigenvalue weighted by Crippen LogP contribution is 2.08. The molecule has 1 aromatic heterocycles. The van der Waals surface area contributed by atoms with E-state index in [9.17, 15) is 5.21 Å². The fraction of sp³-hybridized carbons (Fsp3) is 0. The van der Waals surface area contributed by atoms with Crippen molar-refractivity contribution in [2.24, 2.45) is 5.16 Å². The second-order valence-electron chi connectivity index (χ2n) is 2.42. The molecule has 0 bridgehead atoms. The lowest BCUT2D eigenvalue weighted by molar-refractivity contribution is -0.782. The molecule has 13 heavy (non-hydrogen) atoms. The van der Waals surface area contributed by atoms with Crippen LogP contribution < -0.4 is 4.90 Å². The van der Waals surface area contributed by atoms with Gasteiger partial charge in [0.15, 0.2) is 0 Å². The zero-order valence-corrected chi connectivity index (χ0v) is 6.41. The maximum absolute atomic E-state index is 10.9. The molecule has 0 radical (unpaired) electrons. The second-order valence-corrected chi connectivity index (χ2v) is 2.42. The van der Waals surface area contributed by atoms with Crippen molar-refractivity contribution in [3.05, 3.63) is 29.0 Å². The van der Waals surface area contributed by atoms with Gasteiger partial charge in [-0.2, -0.15) is 0 Å². The summed E-state index contributed by atoms with van der Waals surface area (Å²) in [5, 5.41) is 25.5. The molecule has 1 heterocycles. The normalized spacial score (nSPS) is 11.4. The van der Waals surface area contributed by atoms with Crippen LogP contribution in [0.1, 0.15) is 5.56 Å². The van der Waals surface area contributed by atoms with Crippen molar-refractivity contribution in [3.63, 3.8) is 0 Å². The van der Waals surface area contributed by atoms with E-state index in [0.717, 1.165) is 0 Å². The Morgan fingerprint density at radius 1 is 1.62 bits per heavy atom. The van der Waals surface area contributed by atoms with Crippen molar-refractivity contribution in [2.75, 3.05) is 0 Å². The van der Waals surface area contributed by atoms with E-state index in [1.165, 1.54) is 12.3 Å². The van der Waals surface area contributed by atoms with E-state index in [2.05, 4.69) is 14.9 Å². The van der Waals surface area contributed by atoms with Gasteiger partial charge in [0.2, 0.25) is 11.0 Å². The zero-order chi connectivity index (χ0) is 9.26. The van der Waals surface area contributed by atoms with E-state index in [0.29, 0.717) is 21.5 Å². The number of oxime groups is 1. The average molecular weight is 179 g/mol. The van der Waals surface area contributed by atoms with Gasteiger partial charge in [-0.05, 0) is 17.0 Å². The minimum Gasteiger partial charge on any atom is -0.411 e. The van der Waals surface area contributed by atoms with Gasteiger partial charge in [0.05, 0.1) is 6.21 Å². The Morgan fingerprint density at radius 3 is 3.23 bits per heavy atom. The number of fused-ring (bicyclic) bond motifs is 1. The quantitative estimate of drug-likeness (QED) is 0.294. The van der Waals surface area contributed by atoms with Gasteiger partial charge in [-0.15, -0.1) is 0 Å². The molecule has 66 valence electrons. The Kier molecular flexibility index (Phi) is 1.59. The second kappa shape index (κ2) is 2.74. The zero-order valence-electron chi connectivity index (χ0n) is 6.41. The SMILES string of the molecule is [O-][n+]1onc2cc(/C=N\O)ccc21. The molecule has 0 spiro atoms. The van der Waals surface area contributed by atoms with Gasteiger partial charge < -0.3 is 10.4 Å². The van der Waals surface area contributed by atoms with E-state index in [4.69, 9.17) is 5.21 Å². The van der Waals surface area contributed by atoms with E-state index >= 15 is 0 Å². The van der Waals surface area contributed by atoms with Crippen molar-refractivity contribution in [1.82, 2.24) is 5.16 Å². The van der Waals surface area contributed by atoms with Crippen LogP contribution in [0.4, 0.5) is 0 Å². The minimum atomic E-state index is 0.315. The topological polar surface area (TPSA) is 85.6 Å². The fourth-order valence-corrected chi connectivity index (χ4v) is 1.04. The number of hydrogen-bond donors (Lipinski definition) is 1. The predicted molar refractivity (Wildman–Crippen MR) is 42.3 cm³/mol.